The lowest BCUT2D eigenvalue weighted by atomic mass is 10.0. The van der Waals surface area contributed by atoms with Crippen molar-refractivity contribution < 1.29 is 13.2 Å². The molecule has 1 N–H and O–H groups in total. The Kier molecular flexibility index (Phi) is 5.64. The highest BCUT2D eigenvalue weighted by Crippen LogP contribution is 2.26. The summed E-state index contributed by atoms with van der Waals surface area (Å²) in [6.45, 7) is 5.41. The number of sulfonamides is 1. The van der Waals surface area contributed by atoms with Gasteiger partial charge in [0.25, 0.3) is 0 Å². The molecule has 5 nitrogen and oxygen atoms in total. The van der Waals surface area contributed by atoms with Crippen LogP contribution >= 0.6 is 11.6 Å². The van der Waals surface area contributed by atoms with Gasteiger partial charge in [-0.1, -0.05) is 30.7 Å². The van der Waals surface area contributed by atoms with E-state index in [1.807, 2.05) is 20.8 Å². The molecule has 0 aliphatic carbocycles. The number of para-hydroxylation sites is 1. The minimum Gasteiger partial charge on any atom is -0.350 e. The molecular weight excluding hydrogens is 312 g/mol. The van der Waals surface area contributed by atoms with Crippen LogP contribution in [0.4, 0.5) is 5.69 Å². The Morgan fingerprint density at radius 3 is 2.38 bits per heavy atom. The van der Waals surface area contributed by atoms with Gasteiger partial charge in [-0.15, -0.1) is 0 Å². The Hall–Kier alpha value is -1.27. The van der Waals surface area contributed by atoms with Crippen LogP contribution in [0.15, 0.2) is 24.3 Å². The van der Waals surface area contributed by atoms with E-state index < -0.39 is 10.0 Å². The zero-order valence-corrected chi connectivity index (χ0v) is 14.3. The van der Waals surface area contributed by atoms with E-state index in [-0.39, 0.29) is 23.0 Å². The lowest BCUT2D eigenvalue weighted by Gasteiger charge is -2.28. The zero-order chi connectivity index (χ0) is 16.3. The van der Waals surface area contributed by atoms with E-state index in [4.69, 9.17) is 11.6 Å². The third kappa shape index (κ3) is 5.21. The minimum atomic E-state index is -3.61. The van der Waals surface area contributed by atoms with Crippen LogP contribution in [0.25, 0.3) is 0 Å². The number of hydrogen-bond donors (Lipinski definition) is 1. The number of anilines is 1. The van der Waals surface area contributed by atoms with Crippen molar-refractivity contribution in [1.29, 1.82) is 0 Å². The monoisotopic (exact) mass is 332 g/mol. The molecule has 1 aromatic rings. The number of benzene rings is 1. The molecule has 0 radical (unpaired) electrons. The molecule has 0 fully saturated rings. The molecule has 0 atom stereocenters. The molecule has 0 saturated heterocycles. The first-order chi connectivity index (χ1) is 9.57. The minimum absolute atomic E-state index is 0.283. The first kappa shape index (κ1) is 17.8. The number of carbonyl (C=O) groups is 1. The van der Waals surface area contributed by atoms with Gasteiger partial charge in [-0.3, -0.25) is 9.10 Å². The quantitative estimate of drug-likeness (QED) is 0.870. The molecule has 118 valence electrons. The summed E-state index contributed by atoms with van der Waals surface area (Å²) in [5.41, 5.74) is -0.0908. The van der Waals surface area contributed by atoms with Crippen molar-refractivity contribution in [2.75, 3.05) is 17.1 Å². The normalized spacial score (nSPS) is 12.0. The summed E-state index contributed by atoms with van der Waals surface area (Å²) >= 11 is 6.03. The van der Waals surface area contributed by atoms with Crippen molar-refractivity contribution in [1.82, 2.24) is 5.32 Å². The summed E-state index contributed by atoms with van der Waals surface area (Å²) < 4.78 is 24.9. The maximum Gasteiger partial charge on any atom is 0.241 e. The molecule has 0 spiro atoms. The fourth-order valence-corrected chi connectivity index (χ4v) is 2.83. The van der Waals surface area contributed by atoms with Gasteiger partial charge >= 0.3 is 0 Å². The topological polar surface area (TPSA) is 66.5 Å². The number of rotatable bonds is 6. The smallest absolute Gasteiger partial charge is 0.241 e. The first-order valence-electron chi connectivity index (χ1n) is 6.60. The Morgan fingerprint density at radius 1 is 1.33 bits per heavy atom. The van der Waals surface area contributed by atoms with Gasteiger partial charge in [0, 0.05) is 5.54 Å². The SMILES string of the molecule is CCC(C)(C)NC(=O)CN(c1ccccc1Cl)S(C)(=O)=O. The maximum atomic E-state index is 12.1. The number of amides is 1. The van der Waals surface area contributed by atoms with Crippen LogP contribution in [0, 0.1) is 0 Å². The second-order valence-corrected chi connectivity index (χ2v) is 7.82. The molecule has 0 bridgehead atoms. The van der Waals surface area contributed by atoms with E-state index in [9.17, 15) is 13.2 Å². The van der Waals surface area contributed by atoms with Gasteiger partial charge in [0.15, 0.2) is 0 Å². The molecular formula is C14H21ClN2O3S. The first-order valence-corrected chi connectivity index (χ1v) is 8.82. The summed E-state index contributed by atoms with van der Waals surface area (Å²) in [4.78, 5) is 12.1. The number of nitrogens with zero attached hydrogens (tertiary/aromatic N) is 1. The molecule has 0 unspecified atom stereocenters. The Morgan fingerprint density at radius 2 is 1.90 bits per heavy atom. The van der Waals surface area contributed by atoms with Gasteiger partial charge < -0.3 is 5.32 Å². The molecule has 0 aromatic heterocycles. The van der Waals surface area contributed by atoms with Crippen molar-refractivity contribution in [2.45, 2.75) is 32.7 Å². The highest BCUT2D eigenvalue weighted by Gasteiger charge is 2.25. The third-order valence-corrected chi connectivity index (χ3v) is 4.62. The number of nitrogens with one attached hydrogen (secondary N) is 1. The lowest BCUT2D eigenvalue weighted by Crippen LogP contribution is -2.48. The van der Waals surface area contributed by atoms with Crippen LogP contribution in [0.3, 0.4) is 0 Å². The van der Waals surface area contributed by atoms with Crippen LogP contribution in [0.1, 0.15) is 27.2 Å². The number of halogens is 1. The zero-order valence-electron chi connectivity index (χ0n) is 12.7. The predicted octanol–water partition coefficient (Wildman–Crippen LogP) is 2.41. The second kappa shape index (κ2) is 6.66. The van der Waals surface area contributed by atoms with E-state index in [1.54, 1.807) is 24.3 Å². The highest BCUT2D eigenvalue weighted by atomic mass is 35.5. The van der Waals surface area contributed by atoms with Crippen molar-refractivity contribution in [2.24, 2.45) is 0 Å². The largest absolute Gasteiger partial charge is 0.350 e. The summed E-state index contributed by atoms with van der Waals surface area (Å²) in [6.07, 6.45) is 1.79. The van der Waals surface area contributed by atoms with Crippen LogP contribution in [0.2, 0.25) is 5.02 Å². The molecule has 0 heterocycles. The van der Waals surface area contributed by atoms with Gasteiger partial charge in [-0.2, -0.15) is 0 Å². The summed E-state index contributed by atoms with van der Waals surface area (Å²) in [6, 6.07) is 6.53. The standard InChI is InChI=1S/C14H21ClN2O3S/c1-5-14(2,3)16-13(18)10-17(21(4,19)20)12-9-7-6-8-11(12)15/h6-9H,5,10H2,1-4H3,(H,16,18). The molecule has 7 heteroatoms. The van der Waals surface area contributed by atoms with Gasteiger partial charge in [0.05, 0.1) is 17.0 Å². The van der Waals surface area contributed by atoms with Crippen molar-refractivity contribution in [3.8, 4) is 0 Å². The third-order valence-electron chi connectivity index (χ3n) is 3.17. The highest BCUT2D eigenvalue weighted by molar-refractivity contribution is 7.92. The van der Waals surface area contributed by atoms with Crippen LogP contribution < -0.4 is 9.62 Å². The molecule has 0 aliphatic heterocycles. The Bertz CT molecular complexity index is 614. The molecule has 1 rings (SSSR count). The Labute approximate surface area is 131 Å². The van der Waals surface area contributed by atoms with Gasteiger partial charge in [-0.05, 0) is 32.4 Å². The molecule has 0 saturated carbocycles. The van der Waals surface area contributed by atoms with Gasteiger partial charge in [-0.25, -0.2) is 8.42 Å². The molecule has 1 aromatic carbocycles. The van der Waals surface area contributed by atoms with E-state index in [1.165, 1.54) is 0 Å². The summed E-state index contributed by atoms with van der Waals surface area (Å²) in [5, 5.41) is 3.09. The molecule has 21 heavy (non-hydrogen) atoms. The van der Waals surface area contributed by atoms with Gasteiger partial charge in [0.1, 0.15) is 6.54 Å². The summed E-state index contributed by atoms with van der Waals surface area (Å²) in [7, 11) is -3.61. The average Bonchev–Trinajstić information content (AvgIpc) is 2.35. The van der Waals surface area contributed by atoms with E-state index in [0.29, 0.717) is 5.69 Å². The number of carbonyl (C=O) groups excluding carboxylic acids is 1. The van der Waals surface area contributed by atoms with Crippen LogP contribution in [0.5, 0.6) is 0 Å². The maximum absolute atomic E-state index is 12.1. The van der Waals surface area contributed by atoms with E-state index in [0.717, 1.165) is 17.0 Å². The van der Waals surface area contributed by atoms with E-state index in [2.05, 4.69) is 5.32 Å². The van der Waals surface area contributed by atoms with E-state index >= 15 is 0 Å². The number of hydrogen-bond acceptors (Lipinski definition) is 3. The second-order valence-electron chi connectivity index (χ2n) is 5.51. The lowest BCUT2D eigenvalue weighted by molar-refractivity contribution is -0.121. The fourth-order valence-electron chi connectivity index (χ4n) is 1.67. The van der Waals surface area contributed by atoms with Crippen molar-refractivity contribution >= 4 is 33.2 Å². The van der Waals surface area contributed by atoms with Crippen molar-refractivity contribution in [3.63, 3.8) is 0 Å². The van der Waals surface area contributed by atoms with Crippen LogP contribution in [-0.2, 0) is 14.8 Å². The fraction of sp³-hybridized carbons (Fsp3) is 0.500. The van der Waals surface area contributed by atoms with Crippen molar-refractivity contribution in [3.05, 3.63) is 29.3 Å². The van der Waals surface area contributed by atoms with Gasteiger partial charge in [0.2, 0.25) is 15.9 Å². The van der Waals surface area contributed by atoms with Crippen LogP contribution in [-0.4, -0.2) is 32.7 Å². The molecule has 1 amide bonds. The average molecular weight is 333 g/mol. The molecule has 0 aliphatic rings. The predicted molar refractivity (Wildman–Crippen MR) is 86.2 cm³/mol. The Balaban J connectivity index is 3.03. The summed E-state index contributed by atoms with van der Waals surface area (Å²) in [5.74, 6) is -0.368.